The van der Waals surface area contributed by atoms with Crippen LogP contribution in [0, 0.1) is 13.8 Å². The smallest absolute Gasteiger partial charge is 0.210 e. The molecule has 0 amide bonds. The van der Waals surface area contributed by atoms with Crippen molar-refractivity contribution in [2.24, 2.45) is 0 Å². The van der Waals surface area contributed by atoms with Gasteiger partial charge in [-0.05, 0) is 49.2 Å². The highest BCUT2D eigenvalue weighted by molar-refractivity contribution is 7.91. The van der Waals surface area contributed by atoms with Gasteiger partial charge in [0.2, 0.25) is 9.84 Å². The predicted molar refractivity (Wildman–Crippen MR) is 101 cm³/mol. The number of hydrogen-bond donors (Lipinski definition) is 1. The molecule has 0 saturated carbocycles. The lowest BCUT2D eigenvalue weighted by atomic mass is 10.2. The maximum atomic E-state index is 13.0. The summed E-state index contributed by atoms with van der Waals surface area (Å²) in [6.45, 7) is 4.16. The number of halogens is 1. The number of rotatable bonds is 4. The molecule has 0 aliphatic heterocycles. The monoisotopic (exact) mass is 374 g/mol. The SMILES string of the molecule is Cc1c(S(=O)(=O)c2ccccc2)c(N)n(Cc2ccc(Cl)cc2)c1C. The number of nitrogens with zero attached hydrogens (tertiary/aromatic N) is 1. The average molecular weight is 375 g/mol. The molecule has 130 valence electrons. The van der Waals surface area contributed by atoms with Crippen LogP contribution in [0.15, 0.2) is 64.4 Å². The zero-order valence-corrected chi connectivity index (χ0v) is 15.6. The van der Waals surface area contributed by atoms with Gasteiger partial charge in [-0.25, -0.2) is 8.42 Å². The molecule has 0 aliphatic rings. The molecular weight excluding hydrogens is 356 g/mol. The first-order valence-electron chi connectivity index (χ1n) is 7.82. The summed E-state index contributed by atoms with van der Waals surface area (Å²) < 4.78 is 27.9. The largest absolute Gasteiger partial charge is 0.384 e. The average Bonchev–Trinajstić information content (AvgIpc) is 2.81. The van der Waals surface area contributed by atoms with Crippen molar-refractivity contribution < 1.29 is 8.42 Å². The van der Waals surface area contributed by atoms with Gasteiger partial charge in [0.05, 0.1) is 4.90 Å². The van der Waals surface area contributed by atoms with E-state index in [1.807, 2.05) is 23.6 Å². The maximum absolute atomic E-state index is 13.0. The zero-order chi connectivity index (χ0) is 18.2. The molecule has 0 bridgehead atoms. The van der Waals surface area contributed by atoms with Crippen LogP contribution in [0.1, 0.15) is 16.8 Å². The summed E-state index contributed by atoms with van der Waals surface area (Å²) in [5, 5.41) is 0.657. The van der Waals surface area contributed by atoms with Gasteiger partial charge in [0.15, 0.2) is 0 Å². The molecule has 3 aromatic rings. The van der Waals surface area contributed by atoms with Gasteiger partial charge >= 0.3 is 0 Å². The fraction of sp³-hybridized carbons (Fsp3) is 0.158. The molecule has 1 heterocycles. The molecule has 6 heteroatoms. The van der Waals surface area contributed by atoms with Crippen LogP contribution in [0.5, 0.6) is 0 Å². The molecule has 25 heavy (non-hydrogen) atoms. The molecule has 3 rings (SSSR count). The van der Waals surface area contributed by atoms with Crippen LogP contribution >= 0.6 is 11.6 Å². The third kappa shape index (κ3) is 3.17. The highest BCUT2D eigenvalue weighted by Gasteiger charge is 2.28. The van der Waals surface area contributed by atoms with Gasteiger partial charge in [0.25, 0.3) is 0 Å². The zero-order valence-electron chi connectivity index (χ0n) is 14.0. The molecule has 0 saturated heterocycles. The van der Waals surface area contributed by atoms with Crippen LogP contribution in [0.3, 0.4) is 0 Å². The summed E-state index contributed by atoms with van der Waals surface area (Å²) in [5.41, 5.74) is 8.77. The number of hydrogen-bond acceptors (Lipinski definition) is 3. The van der Waals surface area contributed by atoms with Crippen LogP contribution in [0.2, 0.25) is 5.02 Å². The lowest BCUT2D eigenvalue weighted by Crippen LogP contribution is -2.09. The van der Waals surface area contributed by atoms with E-state index in [0.717, 1.165) is 11.3 Å². The first-order chi connectivity index (χ1) is 11.8. The Balaban J connectivity index is 2.10. The van der Waals surface area contributed by atoms with Crippen molar-refractivity contribution in [2.75, 3.05) is 5.73 Å². The summed E-state index contributed by atoms with van der Waals surface area (Å²) in [7, 11) is -3.67. The van der Waals surface area contributed by atoms with E-state index in [1.165, 1.54) is 0 Å². The van der Waals surface area contributed by atoms with Gasteiger partial charge in [0.1, 0.15) is 10.7 Å². The van der Waals surface area contributed by atoms with Crippen molar-refractivity contribution in [3.8, 4) is 0 Å². The number of nitrogen functional groups attached to an aromatic ring is 1. The molecular formula is C19H19ClN2O2S. The van der Waals surface area contributed by atoms with Crippen LogP contribution in [0.25, 0.3) is 0 Å². The Bertz CT molecular complexity index is 1010. The first kappa shape index (κ1) is 17.6. The normalized spacial score (nSPS) is 11.6. The fourth-order valence-electron chi connectivity index (χ4n) is 2.89. The topological polar surface area (TPSA) is 65.1 Å². The summed E-state index contributed by atoms with van der Waals surface area (Å²) in [5.74, 6) is 0.258. The number of benzene rings is 2. The predicted octanol–water partition coefficient (Wildman–Crippen LogP) is 4.22. The minimum Gasteiger partial charge on any atom is -0.384 e. The van der Waals surface area contributed by atoms with Crippen molar-refractivity contribution in [1.82, 2.24) is 4.57 Å². The van der Waals surface area contributed by atoms with Crippen LogP contribution < -0.4 is 5.73 Å². The molecule has 0 unspecified atom stereocenters. The van der Waals surface area contributed by atoms with Gasteiger partial charge in [-0.15, -0.1) is 0 Å². The Morgan fingerprint density at radius 2 is 1.60 bits per heavy atom. The maximum Gasteiger partial charge on any atom is 0.210 e. The van der Waals surface area contributed by atoms with E-state index in [-0.39, 0.29) is 15.6 Å². The van der Waals surface area contributed by atoms with Gasteiger partial charge in [-0.3, -0.25) is 0 Å². The van der Waals surface area contributed by atoms with Crippen molar-refractivity contribution in [1.29, 1.82) is 0 Å². The second kappa shape index (κ2) is 6.58. The molecule has 0 spiro atoms. The molecule has 1 aromatic heterocycles. The van der Waals surface area contributed by atoms with Gasteiger partial charge in [0, 0.05) is 17.3 Å². The Morgan fingerprint density at radius 3 is 2.20 bits per heavy atom. The van der Waals surface area contributed by atoms with Crippen molar-refractivity contribution in [3.05, 3.63) is 76.4 Å². The van der Waals surface area contributed by atoms with Crippen LogP contribution in [0.4, 0.5) is 5.82 Å². The Morgan fingerprint density at radius 1 is 1.00 bits per heavy atom. The molecule has 2 aromatic carbocycles. The minimum atomic E-state index is -3.67. The summed E-state index contributed by atoms with van der Waals surface area (Å²) in [4.78, 5) is 0.429. The Kier molecular flexibility index (Phi) is 4.62. The molecule has 0 aliphatic carbocycles. The van der Waals surface area contributed by atoms with E-state index >= 15 is 0 Å². The third-order valence-corrected chi connectivity index (χ3v) is 6.59. The van der Waals surface area contributed by atoms with Crippen molar-refractivity contribution in [2.45, 2.75) is 30.2 Å². The van der Waals surface area contributed by atoms with Gasteiger partial charge in [-0.1, -0.05) is 41.9 Å². The summed E-state index contributed by atoms with van der Waals surface area (Å²) in [6, 6.07) is 15.8. The Labute approximate surface area is 152 Å². The number of anilines is 1. The summed E-state index contributed by atoms with van der Waals surface area (Å²) >= 11 is 5.92. The number of nitrogens with two attached hydrogens (primary N) is 1. The van der Waals surface area contributed by atoms with Gasteiger partial charge in [-0.2, -0.15) is 0 Å². The molecule has 0 atom stereocenters. The lowest BCUT2D eigenvalue weighted by Gasteiger charge is -2.10. The number of sulfone groups is 1. The second-order valence-corrected chi connectivity index (χ2v) is 8.28. The molecule has 2 N–H and O–H groups in total. The molecule has 0 radical (unpaired) electrons. The quantitative estimate of drug-likeness (QED) is 0.743. The minimum absolute atomic E-state index is 0.185. The highest BCUT2D eigenvalue weighted by Crippen LogP contribution is 2.33. The fourth-order valence-corrected chi connectivity index (χ4v) is 4.71. The summed E-state index contributed by atoms with van der Waals surface area (Å²) in [6.07, 6.45) is 0. The van der Waals surface area contributed by atoms with Crippen molar-refractivity contribution >= 4 is 27.3 Å². The van der Waals surface area contributed by atoms with Crippen LogP contribution in [-0.4, -0.2) is 13.0 Å². The molecule has 4 nitrogen and oxygen atoms in total. The van der Waals surface area contributed by atoms with Crippen molar-refractivity contribution in [3.63, 3.8) is 0 Å². The van der Waals surface area contributed by atoms with Gasteiger partial charge < -0.3 is 10.3 Å². The van der Waals surface area contributed by atoms with E-state index in [0.29, 0.717) is 17.1 Å². The highest BCUT2D eigenvalue weighted by atomic mass is 35.5. The van der Waals surface area contributed by atoms with E-state index < -0.39 is 9.84 Å². The lowest BCUT2D eigenvalue weighted by molar-refractivity contribution is 0.596. The third-order valence-electron chi connectivity index (χ3n) is 4.39. The van der Waals surface area contributed by atoms with E-state index in [4.69, 9.17) is 17.3 Å². The molecule has 0 fully saturated rings. The number of aromatic nitrogens is 1. The van der Waals surface area contributed by atoms with E-state index in [2.05, 4.69) is 0 Å². The standard InChI is InChI=1S/C19H19ClN2O2S/c1-13-14(2)22(12-15-8-10-16(20)11-9-15)19(21)18(13)25(23,24)17-6-4-3-5-7-17/h3-11H,12,21H2,1-2H3. The first-order valence-corrected chi connectivity index (χ1v) is 9.68. The van der Waals surface area contributed by atoms with Crippen LogP contribution in [-0.2, 0) is 16.4 Å². The second-order valence-electron chi connectivity index (χ2n) is 5.95. The van der Waals surface area contributed by atoms with E-state index in [1.54, 1.807) is 49.4 Å². The van der Waals surface area contributed by atoms with E-state index in [9.17, 15) is 8.42 Å². The Hall–Kier alpha value is -2.24.